The molecule has 1 aromatic heterocycles. The van der Waals surface area contributed by atoms with Gasteiger partial charge in [0.05, 0.1) is 41.0 Å². The third-order valence-corrected chi connectivity index (χ3v) is 6.46. The Hall–Kier alpha value is -3.69. The largest absolute Gasteiger partial charge is 0.457 e. The average Bonchev–Trinajstić information content (AvgIpc) is 2.90. The lowest BCUT2D eigenvalue weighted by atomic mass is 10.0. The van der Waals surface area contributed by atoms with E-state index in [-0.39, 0.29) is 29.2 Å². The van der Waals surface area contributed by atoms with E-state index in [2.05, 4.69) is 9.88 Å². The van der Waals surface area contributed by atoms with Gasteiger partial charge < -0.3 is 14.4 Å². The normalized spacial score (nSPS) is 14.1. The summed E-state index contributed by atoms with van der Waals surface area (Å²) >= 11 is 5.66. The van der Waals surface area contributed by atoms with Crippen LogP contribution in [0.4, 0.5) is 19.0 Å². The van der Waals surface area contributed by atoms with Crippen LogP contribution in [0.5, 0.6) is 11.5 Å². The van der Waals surface area contributed by atoms with Gasteiger partial charge in [-0.25, -0.2) is 4.98 Å². The number of ketones is 1. The predicted octanol–water partition coefficient (Wildman–Crippen LogP) is 6.29. The van der Waals surface area contributed by atoms with E-state index in [0.717, 1.165) is 36.1 Å². The number of morpholine rings is 1. The van der Waals surface area contributed by atoms with Crippen molar-refractivity contribution >= 4 is 34.2 Å². The molecule has 3 aromatic carbocycles. The molecule has 1 aliphatic rings. The molecule has 0 atom stereocenters. The maximum Gasteiger partial charge on any atom is 0.417 e. The molecule has 2 heterocycles. The molecule has 1 saturated heterocycles. The van der Waals surface area contributed by atoms with Crippen molar-refractivity contribution in [2.24, 2.45) is 0 Å². The zero-order valence-corrected chi connectivity index (χ0v) is 20.9. The number of carbonyl (C=O) groups excluding carboxylic acids is 1. The second-order valence-corrected chi connectivity index (χ2v) is 9.34. The molecular weight excluding hydrogens is 519 g/mol. The summed E-state index contributed by atoms with van der Waals surface area (Å²) in [5.41, 5.74) is 1.52. The zero-order valence-electron chi connectivity index (χ0n) is 20.2. The second kappa shape index (κ2) is 11.0. The molecule has 6 nitrogen and oxygen atoms in total. The number of Topliss-reactive ketones (excluding diaryl/α,β-unsaturated/α-hetero) is 1. The molecule has 0 radical (unpaired) electrons. The number of alkyl halides is 3. The maximum absolute atomic E-state index is 13.1. The number of nitrogens with zero attached hydrogens (tertiary/aromatic N) is 3. The minimum Gasteiger partial charge on any atom is -0.457 e. The van der Waals surface area contributed by atoms with Gasteiger partial charge in [-0.1, -0.05) is 29.8 Å². The van der Waals surface area contributed by atoms with Gasteiger partial charge in [-0.3, -0.25) is 9.78 Å². The number of carbonyl (C=O) groups is 1. The molecule has 0 N–H and O–H groups in total. The first-order valence-corrected chi connectivity index (χ1v) is 12.4. The van der Waals surface area contributed by atoms with Crippen molar-refractivity contribution in [1.82, 2.24) is 9.97 Å². The van der Waals surface area contributed by atoms with E-state index in [4.69, 9.17) is 26.1 Å². The van der Waals surface area contributed by atoms with Crippen LogP contribution in [0.1, 0.15) is 16.7 Å². The van der Waals surface area contributed by atoms with Crippen molar-refractivity contribution in [1.29, 1.82) is 0 Å². The number of aromatic nitrogens is 2. The Kier molecular flexibility index (Phi) is 7.49. The SMILES string of the molecule is O=C(Cc1ccc(Oc2ccc3ncc(N4CCOCC4)nc3c2)cc1)Cc1ccc(Cl)c(C(F)(F)F)c1. The van der Waals surface area contributed by atoms with Crippen LogP contribution in [0.25, 0.3) is 11.0 Å². The molecule has 10 heteroatoms. The monoisotopic (exact) mass is 541 g/mol. The van der Waals surface area contributed by atoms with Crippen LogP contribution in [0.15, 0.2) is 66.9 Å². The number of rotatable bonds is 7. The van der Waals surface area contributed by atoms with Crippen LogP contribution in [0.2, 0.25) is 5.02 Å². The minimum atomic E-state index is -4.57. The molecule has 0 unspecified atom stereocenters. The van der Waals surface area contributed by atoms with Crippen molar-refractivity contribution < 1.29 is 27.4 Å². The van der Waals surface area contributed by atoms with Crippen LogP contribution in [-0.2, 0) is 28.5 Å². The van der Waals surface area contributed by atoms with E-state index in [1.165, 1.54) is 12.1 Å². The number of benzene rings is 3. The molecule has 5 rings (SSSR count). The Bertz CT molecular complexity index is 1460. The van der Waals surface area contributed by atoms with Gasteiger partial charge in [-0.15, -0.1) is 0 Å². The number of anilines is 1. The summed E-state index contributed by atoms with van der Waals surface area (Å²) in [6.45, 7) is 2.84. The average molecular weight is 542 g/mol. The van der Waals surface area contributed by atoms with Gasteiger partial charge in [0, 0.05) is 32.0 Å². The number of hydrogen-bond acceptors (Lipinski definition) is 6. The molecule has 0 spiro atoms. The lowest BCUT2D eigenvalue weighted by Crippen LogP contribution is -2.36. The van der Waals surface area contributed by atoms with E-state index in [0.29, 0.717) is 30.2 Å². The van der Waals surface area contributed by atoms with Crippen molar-refractivity contribution in [3.8, 4) is 11.5 Å². The van der Waals surface area contributed by atoms with Gasteiger partial charge >= 0.3 is 6.18 Å². The fraction of sp³-hybridized carbons (Fsp3) is 0.250. The lowest BCUT2D eigenvalue weighted by Gasteiger charge is -2.27. The maximum atomic E-state index is 13.1. The van der Waals surface area contributed by atoms with E-state index in [9.17, 15) is 18.0 Å². The van der Waals surface area contributed by atoms with Gasteiger partial charge in [-0.2, -0.15) is 13.2 Å². The number of halogens is 4. The van der Waals surface area contributed by atoms with Crippen molar-refractivity contribution in [3.63, 3.8) is 0 Å². The molecular formula is C28H23ClF3N3O3. The van der Waals surface area contributed by atoms with Crippen molar-refractivity contribution in [2.75, 3.05) is 31.2 Å². The fourth-order valence-electron chi connectivity index (χ4n) is 4.22. The summed E-state index contributed by atoms with van der Waals surface area (Å²) < 4.78 is 50.6. The van der Waals surface area contributed by atoms with Crippen molar-refractivity contribution in [3.05, 3.63) is 88.6 Å². The topological polar surface area (TPSA) is 64.5 Å². The van der Waals surface area contributed by atoms with E-state index in [1.807, 2.05) is 18.2 Å². The molecule has 0 saturated carbocycles. The Labute approximate surface area is 222 Å². The molecule has 196 valence electrons. The molecule has 4 aromatic rings. The third-order valence-electron chi connectivity index (χ3n) is 6.13. The molecule has 0 amide bonds. The summed E-state index contributed by atoms with van der Waals surface area (Å²) in [4.78, 5) is 23.9. The zero-order chi connectivity index (χ0) is 26.7. The summed E-state index contributed by atoms with van der Waals surface area (Å²) in [6, 6.07) is 16.0. The standard InChI is InChI=1S/C28H23ClF3N3O3/c29-24-7-3-19(15-23(24)28(30,31)32)14-20(36)13-18-1-4-21(5-2-18)38-22-6-8-25-26(16-22)34-27(17-33-25)35-9-11-37-12-10-35/h1-8,15-17H,9-14H2. The first-order valence-electron chi connectivity index (χ1n) is 12.0. The highest BCUT2D eigenvalue weighted by Crippen LogP contribution is 2.35. The molecule has 38 heavy (non-hydrogen) atoms. The number of ether oxygens (including phenoxy) is 2. The Morgan fingerprint density at radius 1 is 0.921 bits per heavy atom. The van der Waals surface area contributed by atoms with E-state index >= 15 is 0 Å². The lowest BCUT2D eigenvalue weighted by molar-refractivity contribution is -0.137. The summed E-state index contributed by atoms with van der Waals surface area (Å²) in [7, 11) is 0. The van der Waals surface area contributed by atoms with Gasteiger partial charge in [0.15, 0.2) is 0 Å². The Morgan fingerprint density at radius 2 is 1.61 bits per heavy atom. The van der Waals surface area contributed by atoms with Crippen LogP contribution >= 0.6 is 11.6 Å². The highest BCUT2D eigenvalue weighted by atomic mass is 35.5. The first kappa shape index (κ1) is 25.9. The molecule has 0 bridgehead atoms. The quantitative estimate of drug-likeness (QED) is 0.274. The smallest absolute Gasteiger partial charge is 0.417 e. The summed E-state index contributed by atoms with van der Waals surface area (Å²) in [5, 5.41) is -0.389. The predicted molar refractivity (Wildman–Crippen MR) is 138 cm³/mol. The van der Waals surface area contributed by atoms with Gasteiger partial charge in [-0.05, 0) is 47.5 Å². The van der Waals surface area contributed by atoms with Crippen LogP contribution < -0.4 is 9.64 Å². The van der Waals surface area contributed by atoms with Crippen LogP contribution in [0.3, 0.4) is 0 Å². The Morgan fingerprint density at radius 3 is 2.34 bits per heavy atom. The minimum absolute atomic E-state index is 0.0835. The number of fused-ring (bicyclic) bond motifs is 1. The van der Waals surface area contributed by atoms with Gasteiger partial charge in [0.25, 0.3) is 0 Å². The highest BCUT2D eigenvalue weighted by molar-refractivity contribution is 6.31. The van der Waals surface area contributed by atoms with Gasteiger partial charge in [0.1, 0.15) is 23.1 Å². The molecule has 1 aliphatic heterocycles. The summed E-state index contributed by atoms with van der Waals surface area (Å²) in [6.07, 6.45) is -2.85. The van der Waals surface area contributed by atoms with Gasteiger partial charge in [0.2, 0.25) is 0 Å². The molecule has 1 fully saturated rings. The second-order valence-electron chi connectivity index (χ2n) is 8.93. The van der Waals surface area contributed by atoms with E-state index in [1.54, 1.807) is 30.5 Å². The van der Waals surface area contributed by atoms with Crippen LogP contribution in [-0.4, -0.2) is 42.1 Å². The fourth-order valence-corrected chi connectivity index (χ4v) is 4.44. The first-order chi connectivity index (χ1) is 18.2. The van der Waals surface area contributed by atoms with E-state index < -0.39 is 11.7 Å². The van der Waals surface area contributed by atoms with Crippen molar-refractivity contribution in [2.45, 2.75) is 19.0 Å². The number of hydrogen-bond donors (Lipinski definition) is 0. The molecule has 0 aliphatic carbocycles. The third kappa shape index (κ3) is 6.23. The summed E-state index contributed by atoms with van der Waals surface area (Å²) in [5.74, 6) is 1.75. The Balaban J connectivity index is 1.22. The highest BCUT2D eigenvalue weighted by Gasteiger charge is 2.33. The van der Waals surface area contributed by atoms with Crippen LogP contribution in [0, 0.1) is 0 Å².